The van der Waals surface area contributed by atoms with Gasteiger partial charge in [0.1, 0.15) is 0 Å². The molecule has 0 unspecified atom stereocenters. The van der Waals surface area contributed by atoms with Crippen molar-refractivity contribution in [1.29, 1.82) is 0 Å². The van der Waals surface area contributed by atoms with E-state index in [1.807, 2.05) is 22.9 Å². The first kappa shape index (κ1) is 19.1. The zero-order valence-corrected chi connectivity index (χ0v) is 17.1. The number of hydrogen-bond donors (Lipinski definition) is 0. The molecule has 6 nitrogen and oxygen atoms in total. The van der Waals surface area contributed by atoms with E-state index in [9.17, 15) is 0 Å². The van der Waals surface area contributed by atoms with Crippen molar-refractivity contribution in [2.45, 2.75) is 46.2 Å². The van der Waals surface area contributed by atoms with E-state index in [0.29, 0.717) is 5.92 Å². The summed E-state index contributed by atoms with van der Waals surface area (Å²) in [6, 6.07) is 8.31. The van der Waals surface area contributed by atoms with Gasteiger partial charge in [-0.3, -0.25) is 4.90 Å². The predicted molar refractivity (Wildman–Crippen MR) is 106 cm³/mol. The number of benzene rings is 1. The summed E-state index contributed by atoms with van der Waals surface area (Å²) in [5.74, 6) is 1.39. The number of tetrazole rings is 1. The fraction of sp³-hybridized carbons (Fsp3) is 0.632. The third-order valence-corrected chi connectivity index (χ3v) is 5.14. The molecule has 0 spiro atoms. The third-order valence-electron chi connectivity index (χ3n) is 4.91. The summed E-state index contributed by atoms with van der Waals surface area (Å²) in [5, 5.41) is 13.4. The molecule has 1 aromatic carbocycles. The Morgan fingerprint density at radius 1 is 1.08 bits per heavy atom. The number of anilines is 1. The lowest BCUT2D eigenvalue weighted by Gasteiger charge is -2.41. The lowest BCUT2D eigenvalue weighted by Crippen LogP contribution is -2.49. The first-order valence-electron chi connectivity index (χ1n) is 9.30. The summed E-state index contributed by atoms with van der Waals surface area (Å²) < 4.78 is 1.97. The summed E-state index contributed by atoms with van der Waals surface area (Å²) in [4.78, 5) is 4.91. The van der Waals surface area contributed by atoms with Crippen LogP contribution in [0.15, 0.2) is 24.3 Å². The SMILES string of the molecule is CC(C)[C@@H](c1nnnn1C(C)(C)C)N1CCN(c2cccc(Cl)c2)CC1. The van der Waals surface area contributed by atoms with Crippen molar-refractivity contribution in [2.75, 3.05) is 31.1 Å². The Morgan fingerprint density at radius 2 is 1.77 bits per heavy atom. The summed E-state index contributed by atoms with van der Waals surface area (Å²) in [6.45, 7) is 14.8. The Hall–Kier alpha value is -1.66. The van der Waals surface area contributed by atoms with E-state index in [2.05, 4.69) is 66.0 Å². The van der Waals surface area contributed by atoms with Crippen molar-refractivity contribution in [3.63, 3.8) is 0 Å². The minimum absolute atomic E-state index is 0.130. The number of rotatable bonds is 4. The van der Waals surface area contributed by atoms with Gasteiger partial charge in [-0.2, -0.15) is 0 Å². The number of nitrogens with zero attached hydrogens (tertiary/aromatic N) is 6. The number of aromatic nitrogens is 4. The quantitative estimate of drug-likeness (QED) is 0.815. The van der Waals surface area contributed by atoms with Crippen LogP contribution >= 0.6 is 11.6 Å². The van der Waals surface area contributed by atoms with Crippen molar-refractivity contribution in [1.82, 2.24) is 25.1 Å². The Balaban J connectivity index is 1.77. The van der Waals surface area contributed by atoms with Crippen LogP contribution in [0.3, 0.4) is 0 Å². The van der Waals surface area contributed by atoms with Crippen molar-refractivity contribution >= 4 is 17.3 Å². The van der Waals surface area contributed by atoms with Gasteiger partial charge in [-0.25, -0.2) is 4.68 Å². The van der Waals surface area contributed by atoms with Gasteiger partial charge in [-0.1, -0.05) is 31.5 Å². The lowest BCUT2D eigenvalue weighted by atomic mass is 9.99. The molecule has 1 saturated heterocycles. The van der Waals surface area contributed by atoms with E-state index >= 15 is 0 Å². The van der Waals surface area contributed by atoms with Gasteiger partial charge in [0.25, 0.3) is 0 Å². The smallest absolute Gasteiger partial charge is 0.169 e. The van der Waals surface area contributed by atoms with Gasteiger partial charge in [0, 0.05) is 36.9 Å². The van der Waals surface area contributed by atoms with Crippen LogP contribution in [0.2, 0.25) is 5.02 Å². The van der Waals surface area contributed by atoms with Crippen LogP contribution in [0.25, 0.3) is 0 Å². The number of piperazine rings is 1. The van der Waals surface area contributed by atoms with E-state index in [1.165, 1.54) is 5.69 Å². The number of halogens is 1. The van der Waals surface area contributed by atoms with Crippen LogP contribution in [0.1, 0.15) is 46.5 Å². The second-order valence-corrected chi connectivity index (χ2v) is 8.75. The van der Waals surface area contributed by atoms with E-state index in [1.54, 1.807) is 0 Å². The Morgan fingerprint density at radius 3 is 2.35 bits per heavy atom. The van der Waals surface area contributed by atoms with Crippen molar-refractivity contribution in [3.8, 4) is 0 Å². The van der Waals surface area contributed by atoms with Gasteiger partial charge < -0.3 is 4.90 Å². The molecule has 0 bridgehead atoms. The monoisotopic (exact) mass is 376 g/mol. The maximum absolute atomic E-state index is 6.15. The molecule has 2 heterocycles. The second-order valence-electron chi connectivity index (χ2n) is 8.31. The molecule has 1 aliphatic heterocycles. The molecule has 26 heavy (non-hydrogen) atoms. The zero-order chi connectivity index (χ0) is 18.9. The molecular formula is C19H29ClN6. The molecule has 0 amide bonds. The average molecular weight is 377 g/mol. The van der Waals surface area contributed by atoms with Crippen LogP contribution in [0.5, 0.6) is 0 Å². The summed E-state index contributed by atoms with van der Waals surface area (Å²) >= 11 is 6.15. The highest BCUT2D eigenvalue weighted by Gasteiger charge is 2.33. The minimum atomic E-state index is -0.130. The largest absolute Gasteiger partial charge is 0.369 e. The highest BCUT2D eigenvalue weighted by molar-refractivity contribution is 6.30. The van der Waals surface area contributed by atoms with Crippen molar-refractivity contribution in [2.24, 2.45) is 5.92 Å². The molecule has 3 rings (SSSR count). The molecule has 1 atom stereocenters. The summed E-state index contributed by atoms with van der Waals surface area (Å²) in [5.41, 5.74) is 1.06. The molecule has 0 saturated carbocycles. The Labute approximate surface area is 161 Å². The topological polar surface area (TPSA) is 50.1 Å². The second kappa shape index (κ2) is 7.53. The van der Waals surface area contributed by atoms with Gasteiger partial charge >= 0.3 is 0 Å². The molecule has 0 aliphatic carbocycles. The van der Waals surface area contributed by atoms with Gasteiger partial charge in [0.15, 0.2) is 5.82 Å². The summed E-state index contributed by atoms with van der Waals surface area (Å²) in [6.07, 6.45) is 0. The number of hydrogen-bond acceptors (Lipinski definition) is 5. The molecule has 1 aromatic heterocycles. The minimum Gasteiger partial charge on any atom is -0.369 e. The van der Waals surface area contributed by atoms with Gasteiger partial charge in [-0.15, -0.1) is 5.10 Å². The average Bonchev–Trinajstić information content (AvgIpc) is 3.05. The first-order valence-corrected chi connectivity index (χ1v) is 9.68. The molecular weight excluding hydrogens is 348 g/mol. The fourth-order valence-electron chi connectivity index (χ4n) is 3.67. The lowest BCUT2D eigenvalue weighted by molar-refractivity contribution is 0.128. The first-order chi connectivity index (χ1) is 12.3. The molecule has 7 heteroatoms. The van der Waals surface area contributed by atoms with Crippen LogP contribution in [0, 0.1) is 5.92 Å². The molecule has 1 aliphatic rings. The van der Waals surface area contributed by atoms with E-state index in [-0.39, 0.29) is 11.6 Å². The van der Waals surface area contributed by atoms with Crippen molar-refractivity contribution in [3.05, 3.63) is 35.1 Å². The summed E-state index contributed by atoms with van der Waals surface area (Å²) in [7, 11) is 0. The third kappa shape index (κ3) is 4.01. The molecule has 0 N–H and O–H groups in total. The molecule has 0 radical (unpaired) electrons. The highest BCUT2D eigenvalue weighted by atomic mass is 35.5. The fourth-order valence-corrected chi connectivity index (χ4v) is 3.85. The maximum atomic E-state index is 6.15. The normalized spacial score (nSPS) is 17.7. The van der Waals surface area contributed by atoms with Crippen LogP contribution in [-0.4, -0.2) is 51.3 Å². The predicted octanol–water partition coefficient (Wildman–Crippen LogP) is 3.60. The van der Waals surface area contributed by atoms with Crippen molar-refractivity contribution < 1.29 is 0 Å². The zero-order valence-electron chi connectivity index (χ0n) is 16.4. The molecule has 1 fully saturated rings. The van der Waals surface area contributed by atoms with E-state index in [4.69, 9.17) is 11.6 Å². The Kier molecular flexibility index (Phi) is 5.53. The highest BCUT2D eigenvalue weighted by Crippen LogP contribution is 2.31. The molecule has 2 aromatic rings. The van der Waals surface area contributed by atoms with E-state index < -0.39 is 0 Å². The maximum Gasteiger partial charge on any atom is 0.169 e. The van der Waals surface area contributed by atoms with Crippen LogP contribution in [0.4, 0.5) is 5.69 Å². The van der Waals surface area contributed by atoms with E-state index in [0.717, 1.165) is 37.0 Å². The standard InChI is InChI=1S/C19H29ClN6/c1-14(2)17(18-21-22-23-26(18)19(3,4)5)25-11-9-24(10-12-25)16-8-6-7-15(20)13-16/h6-8,13-14,17H,9-12H2,1-5H3/t17-/m0/s1. The van der Waals surface area contributed by atoms with Gasteiger partial charge in [0.05, 0.1) is 11.6 Å². The van der Waals surface area contributed by atoms with Crippen LogP contribution < -0.4 is 4.90 Å². The van der Waals surface area contributed by atoms with Gasteiger partial charge in [-0.05, 0) is 55.3 Å². The Bertz CT molecular complexity index is 728. The molecule has 142 valence electrons. The van der Waals surface area contributed by atoms with Crippen LogP contribution in [-0.2, 0) is 5.54 Å². The van der Waals surface area contributed by atoms with Gasteiger partial charge in [0.2, 0.25) is 0 Å².